The van der Waals surface area contributed by atoms with Crippen molar-refractivity contribution in [2.45, 2.75) is 13.0 Å². The fraction of sp³-hybridized carbons (Fsp3) is 0.444. The van der Waals surface area contributed by atoms with Crippen molar-refractivity contribution in [2.75, 3.05) is 49.2 Å². The number of cyclic esters (lactones) is 1. The van der Waals surface area contributed by atoms with Crippen LogP contribution >= 0.6 is 12.2 Å². The van der Waals surface area contributed by atoms with Crippen molar-refractivity contribution in [2.24, 2.45) is 5.10 Å². The summed E-state index contributed by atoms with van der Waals surface area (Å²) in [6.45, 7) is 2.50. The molecule has 1 unspecified atom stereocenters. The van der Waals surface area contributed by atoms with E-state index in [0.29, 0.717) is 24.5 Å². The molecule has 1 atom stereocenters. The maximum Gasteiger partial charge on any atom is 0.414 e. The standard InChI is InChI=1S/C18H22FN5O5S/c1-12(26)20-9-14-10-23(17(27)29-14)13-2-3-16(15(19)8-13)22-4-5-24(21-11-22)18(30)28-7-6-25/h2-3,8,11,14,25H,4-7,9-10H2,1H3,(H,20,26). The van der Waals surface area contributed by atoms with E-state index in [2.05, 4.69) is 10.4 Å². The Hall–Kier alpha value is -2.99. The monoisotopic (exact) mass is 439 g/mol. The average molecular weight is 439 g/mol. The van der Waals surface area contributed by atoms with E-state index in [1.165, 1.54) is 29.2 Å². The number of carbonyl (C=O) groups excluding carboxylic acids is 2. The summed E-state index contributed by atoms with van der Waals surface area (Å²) in [5, 5.41) is 17.1. The molecule has 1 fully saturated rings. The minimum atomic E-state index is -0.593. The number of hydrazone groups is 1. The number of amides is 2. The Bertz CT molecular complexity index is 854. The highest BCUT2D eigenvalue weighted by atomic mass is 32.1. The molecule has 1 aromatic rings. The first-order valence-electron chi connectivity index (χ1n) is 9.27. The van der Waals surface area contributed by atoms with Crippen molar-refractivity contribution < 1.29 is 28.6 Å². The molecule has 30 heavy (non-hydrogen) atoms. The molecular weight excluding hydrogens is 417 g/mol. The molecule has 0 bridgehead atoms. The molecule has 10 nitrogen and oxygen atoms in total. The number of carbonyl (C=O) groups is 2. The molecule has 0 aliphatic carbocycles. The molecule has 12 heteroatoms. The van der Waals surface area contributed by atoms with Crippen LogP contribution in [0.2, 0.25) is 0 Å². The van der Waals surface area contributed by atoms with Gasteiger partial charge in [0.2, 0.25) is 5.91 Å². The number of halogens is 1. The van der Waals surface area contributed by atoms with E-state index in [-0.39, 0.29) is 37.4 Å². The van der Waals surface area contributed by atoms with Crippen molar-refractivity contribution in [3.63, 3.8) is 0 Å². The lowest BCUT2D eigenvalue weighted by Crippen LogP contribution is -2.41. The summed E-state index contributed by atoms with van der Waals surface area (Å²) in [7, 11) is 0. The number of ether oxygens (including phenoxy) is 2. The second kappa shape index (κ2) is 9.67. The van der Waals surface area contributed by atoms with Crippen LogP contribution in [0, 0.1) is 5.82 Å². The number of thiocarbonyl (C=S) groups is 1. The summed E-state index contributed by atoms with van der Waals surface area (Å²) in [5.74, 6) is -0.744. The van der Waals surface area contributed by atoms with E-state index < -0.39 is 18.0 Å². The van der Waals surface area contributed by atoms with Crippen LogP contribution in [0.4, 0.5) is 20.6 Å². The van der Waals surface area contributed by atoms with Crippen molar-refractivity contribution in [1.29, 1.82) is 0 Å². The van der Waals surface area contributed by atoms with Gasteiger partial charge in [0, 0.05) is 13.5 Å². The Kier molecular flexibility index (Phi) is 7.00. The molecular formula is C18H22FN5O5S. The first-order chi connectivity index (χ1) is 14.4. The van der Waals surface area contributed by atoms with Crippen molar-refractivity contribution in [3.05, 3.63) is 24.0 Å². The quantitative estimate of drug-likeness (QED) is 0.623. The molecule has 2 aliphatic rings. The van der Waals surface area contributed by atoms with Crippen molar-refractivity contribution >= 4 is 47.1 Å². The summed E-state index contributed by atoms with van der Waals surface area (Å²) in [6, 6.07) is 4.43. The van der Waals surface area contributed by atoms with Gasteiger partial charge in [0.05, 0.1) is 37.6 Å². The molecule has 1 saturated heterocycles. The van der Waals surface area contributed by atoms with Crippen LogP contribution in [0.5, 0.6) is 0 Å². The number of rotatable bonds is 6. The Morgan fingerprint density at radius 2 is 2.27 bits per heavy atom. The van der Waals surface area contributed by atoms with Crippen molar-refractivity contribution in [1.82, 2.24) is 10.3 Å². The molecule has 0 radical (unpaired) electrons. The van der Waals surface area contributed by atoms with Crippen molar-refractivity contribution in [3.8, 4) is 0 Å². The highest BCUT2D eigenvalue weighted by Crippen LogP contribution is 2.28. The largest absolute Gasteiger partial charge is 0.467 e. The highest BCUT2D eigenvalue weighted by molar-refractivity contribution is 7.80. The topological polar surface area (TPSA) is 107 Å². The first-order valence-corrected chi connectivity index (χ1v) is 9.68. The number of hydrogen-bond acceptors (Lipinski definition) is 8. The van der Waals surface area contributed by atoms with Gasteiger partial charge >= 0.3 is 6.09 Å². The third kappa shape index (κ3) is 5.13. The van der Waals surface area contributed by atoms with E-state index in [4.69, 9.17) is 26.8 Å². The molecule has 2 heterocycles. The number of hydrogen-bond donors (Lipinski definition) is 2. The second-order valence-corrected chi connectivity index (χ2v) is 6.92. The van der Waals surface area contributed by atoms with Crippen LogP contribution in [-0.2, 0) is 14.3 Å². The van der Waals surface area contributed by atoms with E-state index >= 15 is 0 Å². The Morgan fingerprint density at radius 3 is 2.90 bits per heavy atom. The maximum atomic E-state index is 14.8. The van der Waals surface area contributed by atoms with Gasteiger partial charge in [-0.05, 0) is 30.4 Å². The zero-order chi connectivity index (χ0) is 21.7. The summed E-state index contributed by atoms with van der Waals surface area (Å²) in [4.78, 5) is 26.0. The van der Waals surface area contributed by atoms with Crippen LogP contribution in [0.15, 0.2) is 23.3 Å². The summed E-state index contributed by atoms with van der Waals surface area (Å²) in [5.41, 5.74) is 0.660. The summed E-state index contributed by atoms with van der Waals surface area (Å²) < 4.78 is 25.1. The van der Waals surface area contributed by atoms with Gasteiger partial charge in [-0.1, -0.05) is 0 Å². The predicted molar refractivity (Wildman–Crippen MR) is 111 cm³/mol. The second-order valence-electron chi connectivity index (χ2n) is 6.57. The van der Waals surface area contributed by atoms with Gasteiger partial charge in [-0.2, -0.15) is 5.10 Å². The SMILES string of the molecule is CC(=O)NCC1CN(c2ccc(N3C=NN(C(=S)OCCO)CC3)c(F)c2)C(=O)O1. The normalized spacial score (nSPS) is 18.4. The van der Waals surface area contributed by atoms with E-state index in [1.807, 2.05) is 0 Å². The van der Waals surface area contributed by atoms with Gasteiger partial charge in [0.25, 0.3) is 5.17 Å². The van der Waals surface area contributed by atoms with Gasteiger partial charge in [-0.15, -0.1) is 0 Å². The molecule has 162 valence electrons. The average Bonchev–Trinajstić information content (AvgIpc) is 3.11. The smallest absolute Gasteiger partial charge is 0.414 e. The Labute approximate surface area is 177 Å². The van der Waals surface area contributed by atoms with Gasteiger partial charge in [0.15, 0.2) is 0 Å². The summed E-state index contributed by atoms with van der Waals surface area (Å²) in [6.07, 6.45) is 0.342. The van der Waals surface area contributed by atoms with Gasteiger partial charge in [-0.3, -0.25) is 9.69 Å². The fourth-order valence-corrected chi connectivity index (χ4v) is 3.19. The zero-order valence-corrected chi connectivity index (χ0v) is 17.1. The number of nitrogens with zero attached hydrogens (tertiary/aromatic N) is 4. The fourth-order valence-electron chi connectivity index (χ4n) is 2.96. The number of aliphatic hydroxyl groups excluding tert-OH is 1. The van der Waals surface area contributed by atoms with Crippen LogP contribution in [-0.4, -0.2) is 79.1 Å². The first kappa shape index (κ1) is 21.7. The van der Waals surface area contributed by atoms with Gasteiger partial charge in [0.1, 0.15) is 24.9 Å². The molecule has 0 aromatic heterocycles. The number of aliphatic hydroxyl groups is 1. The molecule has 3 rings (SSSR count). The van der Waals surface area contributed by atoms with Gasteiger partial charge in [-0.25, -0.2) is 14.2 Å². The lowest BCUT2D eigenvalue weighted by Gasteiger charge is -2.30. The number of benzene rings is 1. The molecule has 0 spiro atoms. The minimum absolute atomic E-state index is 0.0786. The Morgan fingerprint density at radius 1 is 1.47 bits per heavy atom. The molecule has 2 N–H and O–H groups in total. The molecule has 2 amide bonds. The van der Waals surface area contributed by atoms with Crippen LogP contribution in [0.3, 0.4) is 0 Å². The minimum Gasteiger partial charge on any atom is -0.467 e. The number of nitrogens with one attached hydrogen (secondary N) is 1. The third-order valence-corrected chi connectivity index (χ3v) is 4.74. The zero-order valence-electron chi connectivity index (χ0n) is 16.3. The Balaban J connectivity index is 1.64. The lowest BCUT2D eigenvalue weighted by molar-refractivity contribution is -0.119. The third-order valence-electron chi connectivity index (χ3n) is 4.42. The summed E-state index contributed by atoms with van der Waals surface area (Å²) >= 11 is 5.07. The van der Waals surface area contributed by atoms with Crippen LogP contribution in [0.25, 0.3) is 0 Å². The van der Waals surface area contributed by atoms with Crippen LogP contribution < -0.4 is 15.1 Å². The lowest BCUT2D eigenvalue weighted by atomic mass is 10.2. The van der Waals surface area contributed by atoms with E-state index in [9.17, 15) is 14.0 Å². The number of anilines is 2. The highest BCUT2D eigenvalue weighted by Gasteiger charge is 2.33. The van der Waals surface area contributed by atoms with Gasteiger partial charge < -0.3 is 24.8 Å². The van der Waals surface area contributed by atoms with E-state index in [0.717, 1.165) is 0 Å². The van der Waals surface area contributed by atoms with Crippen LogP contribution in [0.1, 0.15) is 6.92 Å². The molecule has 0 saturated carbocycles. The predicted octanol–water partition coefficient (Wildman–Crippen LogP) is 0.646. The molecule has 1 aromatic carbocycles. The molecule has 2 aliphatic heterocycles. The van der Waals surface area contributed by atoms with E-state index in [1.54, 1.807) is 17.0 Å². The maximum absolute atomic E-state index is 14.8.